The topological polar surface area (TPSA) is 58.4 Å². The highest BCUT2D eigenvalue weighted by Crippen LogP contribution is 2.16. The van der Waals surface area contributed by atoms with Crippen molar-refractivity contribution >= 4 is 17.4 Å². The van der Waals surface area contributed by atoms with Crippen LogP contribution >= 0.6 is 0 Å². The highest BCUT2D eigenvalue weighted by molar-refractivity contribution is 5.89. The lowest BCUT2D eigenvalue weighted by atomic mass is 10.3. The van der Waals surface area contributed by atoms with Gasteiger partial charge in [-0.2, -0.15) is 0 Å². The summed E-state index contributed by atoms with van der Waals surface area (Å²) in [5.74, 6) is -0.541. The van der Waals surface area contributed by atoms with E-state index in [2.05, 4.69) is 5.32 Å². The van der Waals surface area contributed by atoms with Crippen molar-refractivity contribution in [1.29, 1.82) is 0 Å². The second kappa shape index (κ2) is 3.95. The van der Waals surface area contributed by atoms with Crippen LogP contribution in [0.4, 0.5) is 20.6 Å². The monoisotopic (exact) mass is 197 g/mol. The van der Waals surface area contributed by atoms with Crippen LogP contribution in [-0.4, -0.2) is 25.0 Å². The van der Waals surface area contributed by atoms with Crippen molar-refractivity contribution in [2.45, 2.75) is 0 Å². The number of carbonyl (C=O) groups is 1. The minimum Gasteiger partial charge on any atom is -0.399 e. The number of nitrogens with two attached hydrogens (primary N) is 1. The van der Waals surface area contributed by atoms with Gasteiger partial charge in [-0.05, 0) is 18.2 Å². The number of nitrogens with one attached hydrogen (secondary N) is 1. The van der Waals surface area contributed by atoms with Crippen LogP contribution in [0.1, 0.15) is 0 Å². The molecule has 14 heavy (non-hydrogen) atoms. The van der Waals surface area contributed by atoms with Crippen LogP contribution in [0.25, 0.3) is 0 Å². The number of nitrogens with zero attached hydrogens (tertiary/aromatic N) is 1. The smallest absolute Gasteiger partial charge is 0.321 e. The maximum Gasteiger partial charge on any atom is 0.321 e. The largest absolute Gasteiger partial charge is 0.399 e. The molecular formula is C9H12FN3O. The zero-order valence-electron chi connectivity index (χ0n) is 8.04. The zero-order chi connectivity index (χ0) is 10.7. The minimum absolute atomic E-state index is 0.123. The molecule has 2 amide bonds. The van der Waals surface area contributed by atoms with Gasteiger partial charge in [0.1, 0.15) is 5.82 Å². The molecule has 76 valence electrons. The van der Waals surface area contributed by atoms with Crippen molar-refractivity contribution < 1.29 is 9.18 Å². The lowest BCUT2D eigenvalue weighted by Crippen LogP contribution is -2.27. The average Bonchev–Trinajstić information content (AvgIpc) is 2.09. The predicted octanol–water partition coefficient (Wildman–Crippen LogP) is 1.50. The van der Waals surface area contributed by atoms with Gasteiger partial charge < -0.3 is 16.0 Å². The van der Waals surface area contributed by atoms with Gasteiger partial charge in [-0.25, -0.2) is 9.18 Å². The first-order valence-corrected chi connectivity index (χ1v) is 4.04. The summed E-state index contributed by atoms with van der Waals surface area (Å²) in [6.45, 7) is 0. The highest BCUT2D eigenvalue weighted by Gasteiger charge is 2.07. The van der Waals surface area contributed by atoms with Gasteiger partial charge in [-0.15, -0.1) is 0 Å². The number of rotatable bonds is 1. The van der Waals surface area contributed by atoms with Crippen LogP contribution in [0.15, 0.2) is 18.2 Å². The molecule has 0 radical (unpaired) electrons. The first kappa shape index (κ1) is 10.3. The molecule has 4 nitrogen and oxygen atoms in total. The third-order valence-corrected chi connectivity index (χ3v) is 1.64. The molecule has 0 saturated heterocycles. The number of halogens is 1. The normalized spacial score (nSPS) is 9.64. The van der Waals surface area contributed by atoms with Crippen molar-refractivity contribution in [2.24, 2.45) is 0 Å². The SMILES string of the molecule is CN(C)C(=O)Nc1ccc(N)cc1F. The molecule has 0 atom stereocenters. The van der Waals surface area contributed by atoms with Gasteiger partial charge in [0.2, 0.25) is 0 Å². The molecule has 0 fully saturated rings. The molecule has 1 rings (SSSR count). The Hall–Kier alpha value is -1.78. The maximum absolute atomic E-state index is 13.2. The summed E-state index contributed by atoms with van der Waals surface area (Å²) in [5.41, 5.74) is 5.80. The standard InChI is InChI=1S/C9H12FN3O/c1-13(2)9(14)12-8-4-3-6(11)5-7(8)10/h3-5H,11H2,1-2H3,(H,12,14). The van der Waals surface area contributed by atoms with E-state index in [9.17, 15) is 9.18 Å². The minimum atomic E-state index is -0.541. The van der Waals surface area contributed by atoms with Gasteiger partial charge in [0, 0.05) is 19.8 Å². The number of carbonyl (C=O) groups excluding carboxylic acids is 1. The van der Waals surface area contributed by atoms with E-state index in [0.717, 1.165) is 6.07 Å². The number of anilines is 2. The Kier molecular flexibility index (Phi) is 2.91. The second-order valence-corrected chi connectivity index (χ2v) is 3.06. The van der Waals surface area contributed by atoms with Crippen molar-refractivity contribution in [2.75, 3.05) is 25.1 Å². The van der Waals surface area contributed by atoms with Crippen molar-refractivity contribution in [3.05, 3.63) is 24.0 Å². The summed E-state index contributed by atoms with van der Waals surface area (Å²) >= 11 is 0. The molecule has 0 aliphatic rings. The van der Waals surface area contributed by atoms with Gasteiger partial charge in [-0.1, -0.05) is 0 Å². The lowest BCUT2D eigenvalue weighted by Gasteiger charge is -2.12. The van der Waals surface area contributed by atoms with Crippen LogP contribution in [-0.2, 0) is 0 Å². The molecule has 5 heteroatoms. The number of benzene rings is 1. The summed E-state index contributed by atoms with van der Waals surface area (Å²) in [7, 11) is 3.15. The maximum atomic E-state index is 13.2. The van der Waals surface area contributed by atoms with E-state index in [1.165, 1.54) is 17.0 Å². The number of hydrogen-bond donors (Lipinski definition) is 2. The van der Waals surface area contributed by atoms with E-state index >= 15 is 0 Å². The lowest BCUT2D eigenvalue weighted by molar-refractivity contribution is 0.230. The van der Waals surface area contributed by atoms with Gasteiger partial charge in [0.05, 0.1) is 5.69 Å². The Labute approximate surface area is 81.5 Å². The summed E-state index contributed by atoms with van der Waals surface area (Å²) < 4.78 is 13.2. The van der Waals surface area contributed by atoms with Crippen LogP contribution in [0.5, 0.6) is 0 Å². The fourth-order valence-corrected chi connectivity index (χ4v) is 0.860. The highest BCUT2D eigenvalue weighted by atomic mass is 19.1. The summed E-state index contributed by atoms with van der Waals surface area (Å²) in [6.07, 6.45) is 0. The molecule has 1 aromatic rings. The van der Waals surface area contributed by atoms with Gasteiger partial charge >= 0.3 is 6.03 Å². The van der Waals surface area contributed by atoms with Gasteiger partial charge in [0.25, 0.3) is 0 Å². The van der Waals surface area contributed by atoms with Crippen LogP contribution in [0.2, 0.25) is 0 Å². The van der Waals surface area contributed by atoms with Crippen LogP contribution in [0.3, 0.4) is 0 Å². The van der Waals surface area contributed by atoms with E-state index in [1.807, 2.05) is 0 Å². The molecule has 3 N–H and O–H groups in total. The zero-order valence-corrected chi connectivity index (χ0v) is 8.04. The first-order valence-electron chi connectivity index (χ1n) is 4.04. The Morgan fingerprint density at radius 2 is 2.14 bits per heavy atom. The first-order chi connectivity index (χ1) is 6.50. The van der Waals surface area contributed by atoms with E-state index < -0.39 is 5.82 Å². The van der Waals surface area contributed by atoms with E-state index in [4.69, 9.17) is 5.73 Å². The Balaban J connectivity index is 2.82. The molecular weight excluding hydrogens is 185 g/mol. The van der Waals surface area contributed by atoms with Crippen molar-refractivity contribution in [3.8, 4) is 0 Å². The molecule has 0 aliphatic heterocycles. The second-order valence-electron chi connectivity index (χ2n) is 3.06. The van der Waals surface area contributed by atoms with Crippen LogP contribution in [0, 0.1) is 5.82 Å². The molecule has 0 aromatic heterocycles. The van der Waals surface area contributed by atoms with Crippen molar-refractivity contribution in [1.82, 2.24) is 4.90 Å². The Morgan fingerprint density at radius 3 is 2.64 bits per heavy atom. The number of urea groups is 1. The van der Waals surface area contributed by atoms with Gasteiger partial charge in [0.15, 0.2) is 0 Å². The van der Waals surface area contributed by atoms with Crippen molar-refractivity contribution in [3.63, 3.8) is 0 Å². The fourth-order valence-electron chi connectivity index (χ4n) is 0.860. The molecule has 0 unspecified atom stereocenters. The molecule has 0 spiro atoms. The van der Waals surface area contributed by atoms with E-state index in [0.29, 0.717) is 5.69 Å². The van der Waals surface area contributed by atoms with E-state index in [-0.39, 0.29) is 11.7 Å². The molecule has 0 bridgehead atoms. The van der Waals surface area contributed by atoms with E-state index in [1.54, 1.807) is 14.1 Å². The third-order valence-electron chi connectivity index (χ3n) is 1.64. The fraction of sp³-hybridized carbons (Fsp3) is 0.222. The summed E-state index contributed by atoms with van der Waals surface area (Å²) in [6, 6.07) is 3.72. The Morgan fingerprint density at radius 1 is 1.50 bits per heavy atom. The number of hydrogen-bond acceptors (Lipinski definition) is 2. The quantitative estimate of drug-likeness (QED) is 0.670. The Bertz CT molecular complexity index is 352. The summed E-state index contributed by atoms with van der Waals surface area (Å²) in [4.78, 5) is 12.5. The summed E-state index contributed by atoms with van der Waals surface area (Å²) in [5, 5.41) is 2.39. The third kappa shape index (κ3) is 2.35. The number of amides is 2. The molecule has 0 heterocycles. The molecule has 1 aromatic carbocycles. The average molecular weight is 197 g/mol. The predicted molar refractivity (Wildman–Crippen MR) is 53.5 cm³/mol. The molecule has 0 saturated carbocycles. The number of nitrogen functional groups attached to an aromatic ring is 1. The van der Waals surface area contributed by atoms with Gasteiger partial charge in [-0.3, -0.25) is 0 Å². The van der Waals surface area contributed by atoms with Crippen LogP contribution < -0.4 is 11.1 Å². The molecule has 0 aliphatic carbocycles.